The number of hydrogen-bond donors (Lipinski definition) is 0. The van der Waals surface area contributed by atoms with Crippen molar-refractivity contribution >= 4 is 11.9 Å². The molecule has 0 aliphatic heterocycles. The van der Waals surface area contributed by atoms with E-state index in [9.17, 15) is 0 Å². The Morgan fingerprint density at radius 3 is 2.68 bits per heavy atom. The van der Waals surface area contributed by atoms with Crippen molar-refractivity contribution in [1.82, 2.24) is 4.31 Å². The maximum absolute atomic E-state index is 3.90. The Morgan fingerprint density at radius 1 is 1.21 bits per heavy atom. The average Bonchev–Trinajstić information content (AvgIpc) is 3.02. The molecule has 0 saturated heterocycles. The van der Waals surface area contributed by atoms with Crippen LogP contribution < -0.4 is 0 Å². The number of nitrogens with zero attached hydrogens (tertiary/aromatic N) is 1. The smallest absolute Gasteiger partial charge is 0.0271 e. The van der Waals surface area contributed by atoms with Crippen molar-refractivity contribution in [2.75, 3.05) is 13.1 Å². The van der Waals surface area contributed by atoms with Crippen molar-refractivity contribution in [1.29, 1.82) is 0 Å². The first-order valence-electron chi connectivity index (χ1n) is 7.12. The fourth-order valence-corrected chi connectivity index (χ4v) is 4.31. The van der Waals surface area contributed by atoms with E-state index in [1.807, 2.05) is 18.0 Å². The fourth-order valence-electron chi connectivity index (χ4n) is 3.29. The van der Waals surface area contributed by atoms with Crippen LogP contribution in [0.1, 0.15) is 12.8 Å². The number of fused-ring (bicyclic) bond motifs is 2. The summed E-state index contributed by atoms with van der Waals surface area (Å²) in [5.41, 5.74) is 0. The van der Waals surface area contributed by atoms with Crippen LogP contribution in [0.3, 0.4) is 0 Å². The van der Waals surface area contributed by atoms with Crippen molar-refractivity contribution in [3.05, 3.63) is 55.1 Å². The molecule has 0 N–H and O–H groups in total. The molecule has 19 heavy (non-hydrogen) atoms. The Kier molecular flexibility index (Phi) is 4.09. The quantitative estimate of drug-likeness (QED) is 0.557. The molecule has 0 radical (unpaired) electrons. The van der Waals surface area contributed by atoms with Gasteiger partial charge in [0.25, 0.3) is 0 Å². The molecule has 2 bridgehead atoms. The van der Waals surface area contributed by atoms with Gasteiger partial charge in [0.15, 0.2) is 0 Å². The third kappa shape index (κ3) is 3.13. The summed E-state index contributed by atoms with van der Waals surface area (Å²) in [5, 5.41) is 0. The first kappa shape index (κ1) is 13.0. The predicted molar refractivity (Wildman–Crippen MR) is 82.9 cm³/mol. The van der Waals surface area contributed by atoms with Crippen LogP contribution in [0.2, 0.25) is 0 Å². The second-order valence-corrected chi connectivity index (χ2v) is 6.75. The molecule has 2 aliphatic rings. The standard InChI is InChI=1S/C17H21NS/c1-2-10-18(19-17-6-4-3-5-7-17)13-16-12-14-8-9-15(16)11-14/h2-9,14-16H,1,10-13H2. The first-order chi connectivity index (χ1) is 9.35. The molecule has 1 fully saturated rings. The van der Waals surface area contributed by atoms with Gasteiger partial charge in [-0.2, -0.15) is 0 Å². The van der Waals surface area contributed by atoms with E-state index in [0.717, 1.165) is 24.3 Å². The Balaban J connectivity index is 1.61. The summed E-state index contributed by atoms with van der Waals surface area (Å²) in [6.07, 6.45) is 9.65. The van der Waals surface area contributed by atoms with Crippen LogP contribution in [0.5, 0.6) is 0 Å². The summed E-state index contributed by atoms with van der Waals surface area (Å²) in [6, 6.07) is 10.6. The highest BCUT2D eigenvalue weighted by Crippen LogP contribution is 2.44. The topological polar surface area (TPSA) is 3.24 Å². The second-order valence-electron chi connectivity index (χ2n) is 5.58. The van der Waals surface area contributed by atoms with E-state index in [2.05, 4.69) is 53.4 Å². The number of benzene rings is 1. The third-order valence-electron chi connectivity index (χ3n) is 4.16. The minimum atomic E-state index is 0.827. The van der Waals surface area contributed by atoms with Gasteiger partial charge in [0.2, 0.25) is 0 Å². The van der Waals surface area contributed by atoms with E-state index in [4.69, 9.17) is 0 Å². The van der Waals surface area contributed by atoms with E-state index in [1.165, 1.54) is 24.3 Å². The molecule has 3 atom stereocenters. The fraction of sp³-hybridized carbons (Fsp3) is 0.412. The molecule has 3 unspecified atom stereocenters. The van der Waals surface area contributed by atoms with Gasteiger partial charge in [-0.15, -0.1) is 6.58 Å². The summed E-state index contributed by atoms with van der Waals surface area (Å²) in [4.78, 5) is 1.32. The van der Waals surface area contributed by atoms with E-state index in [0.29, 0.717) is 0 Å². The third-order valence-corrected chi connectivity index (χ3v) is 5.20. The highest BCUT2D eigenvalue weighted by molar-refractivity contribution is 7.97. The molecular weight excluding hydrogens is 250 g/mol. The Bertz CT molecular complexity index is 454. The molecule has 1 nitrogen and oxygen atoms in total. The van der Waals surface area contributed by atoms with Crippen molar-refractivity contribution in [3.63, 3.8) is 0 Å². The number of rotatable bonds is 6. The summed E-state index contributed by atoms with van der Waals surface area (Å²) < 4.78 is 2.46. The molecule has 100 valence electrons. The highest BCUT2D eigenvalue weighted by Gasteiger charge is 2.36. The van der Waals surface area contributed by atoms with Gasteiger partial charge >= 0.3 is 0 Å². The van der Waals surface area contributed by atoms with Gasteiger partial charge in [-0.25, -0.2) is 4.31 Å². The van der Waals surface area contributed by atoms with Crippen molar-refractivity contribution in [2.24, 2.45) is 17.8 Å². The van der Waals surface area contributed by atoms with E-state index in [-0.39, 0.29) is 0 Å². The average molecular weight is 271 g/mol. The van der Waals surface area contributed by atoms with Crippen molar-refractivity contribution in [2.45, 2.75) is 17.7 Å². The predicted octanol–water partition coefficient (Wildman–Crippen LogP) is 4.39. The van der Waals surface area contributed by atoms with Gasteiger partial charge in [0.1, 0.15) is 0 Å². The van der Waals surface area contributed by atoms with Crippen LogP contribution in [0.4, 0.5) is 0 Å². The van der Waals surface area contributed by atoms with E-state index in [1.54, 1.807) is 0 Å². The minimum absolute atomic E-state index is 0.827. The summed E-state index contributed by atoms with van der Waals surface area (Å²) in [7, 11) is 0. The molecular formula is C17H21NS. The molecule has 3 rings (SSSR count). The lowest BCUT2D eigenvalue weighted by Gasteiger charge is -2.26. The molecule has 1 aromatic rings. The molecule has 0 amide bonds. The van der Waals surface area contributed by atoms with Crippen LogP contribution in [0, 0.1) is 17.8 Å². The van der Waals surface area contributed by atoms with Crippen LogP contribution >= 0.6 is 11.9 Å². The van der Waals surface area contributed by atoms with E-state index >= 15 is 0 Å². The van der Waals surface area contributed by atoms with Gasteiger partial charge in [0, 0.05) is 18.0 Å². The summed E-state index contributed by atoms with van der Waals surface area (Å²) >= 11 is 1.87. The molecule has 0 spiro atoms. The lowest BCUT2D eigenvalue weighted by molar-refractivity contribution is 0.350. The van der Waals surface area contributed by atoms with Gasteiger partial charge in [-0.05, 0) is 54.7 Å². The monoisotopic (exact) mass is 271 g/mol. The Labute approximate surface area is 120 Å². The number of allylic oxidation sites excluding steroid dienone is 2. The van der Waals surface area contributed by atoms with Crippen molar-refractivity contribution < 1.29 is 0 Å². The minimum Gasteiger partial charge on any atom is -0.242 e. The van der Waals surface area contributed by atoms with Crippen LogP contribution in [-0.2, 0) is 0 Å². The lowest BCUT2D eigenvalue weighted by atomic mass is 9.94. The summed E-state index contributed by atoms with van der Waals surface area (Å²) in [6.45, 7) is 6.03. The van der Waals surface area contributed by atoms with Crippen LogP contribution in [-0.4, -0.2) is 17.4 Å². The van der Waals surface area contributed by atoms with Crippen LogP contribution in [0.25, 0.3) is 0 Å². The van der Waals surface area contributed by atoms with E-state index < -0.39 is 0 Å². The normalized spacial score (nSPS) is 28.2. The molecule has 1 saturated carbocycles. The summed E-state index contributed by atoms with van der Waals surface area (Å²) in [5.74, 6) is 2.53. The maximum Gasteiger partial charge on any atom is 0.0271 e. The van der Waals surface area contributed by atoms with Gasteiger partial charge < -0.3 is 0 Å². The highest BCUT2D eigenvalue weighted by atomic mass is 32.2. The number of hydrogen-bond acceptors (Lipinski definition) is 2. The molecule has 2 aliphatic carbocycles. The molecule has 1 aromatic carbocycles. The largest absolute Gasteiger partial charge is 0.242 e. The van der Waals surface area contributed by atoms with Gasteiger partial charge in [-0.1, -0.05) is 36.4 Å². The first-order valence-corrected chi connectivity index (χ1v) is 7.89. The van der Waals surface area contributed by atoms with Crippen molar-refractivity contribution in [3.8, 4) is 0 Å². The van der Waals surface area contributed by atoms with Gasteiger partial charge in [-0.3, -0.25) is 0 Å². The zero-order chi connectivity index (χ0) is 13.1. The molecule has 0 aromatic heterocycles. The SMILES string of the molecule is C=CCN(CC1CC2C=CC1C2)Sc1ccccc1. The zero-order valence-electron chi connectivity index (χ0n) is 11.2. The second kappa shape index (κ2) is 5.98. The van der Waals surface area contributed by atoms with Gasteiger partial charge in [0.05, 0.1) is 0 Å². The zero-order valence-corrected chi connectivity index (χ0v) is 12.1. The van der Waals surface area contributed by atoms with Crippen LogP contribution in [0.15, 0.2) is 60.0 Å². The lowest BCUT2D eigenvalue weighted by Crippen LogP contribution is -2.26. The maximum atomic E-state index is 3.90. The Hall–Kier alpha value is -0.990. The molecule has 2 heteroatoms. The Morgan fingerprint density at radius 2 is 2.05 bits per heavy atom. The molecule has 0 heterocycles.